The molecule has 1 aromatic heterocycles. The summed E-state index contributed by atoms with van der Waals surface area (Å²) in [5.74, 6) is -13.2. The predicted molar refractivity (Wildman–Crippen MR) is 182 cm³/mol. The van der Waals surface area contributed by atoms with Crippen LogP contribution >= 0.6 is 11.3 Å². The monoisotopic (exact) mass is 688 g/mol. The van der Waals surface area contributed by atoms with E-state index in [1.165, 1.54) is 35.9 Å². The highest BCUT2D eigenvalue weighted by atomic mass is 32.1. The Hall–Kier alpha value is -4.30. The Bertz CT molecular complexity index is 1870. The van der Waals surface area contributed by atoms with E-state index in [0.29, 0.717) is 16.6 Å². The normalized spacial score (nSPS) is 29.5. The fourth-order valence-corrected chi connectivity index (χ4v) is 9.09. The van der Waals surface area contributed by atoms with E-state index in [1.807, 2.05) is 17.5 Å². The Morgan fingerprint density at radius 1 is 1.06 bits per heavy atom. The Morgan fingerprint density at radius 2 is 1.71 bits per heavy atom. The SMILES string of the molecule is CCC(CC)c1ccc(-c2csc(Nc3ccc4c(c3O)C(=O)C3C(=O)[C@@]5(O)C(=O)C(C(N)=O)C(=O)[C@H](N(C)C)[C@H]5[C@H](O)[C@H]3[C@@H]4C)n2)cc1. The van der Waals surface area contributed by atoms with Crippen molar-refractivity contribution in [1.29, 1.82) is 0 Å². The summed E-state index contributed by atoms with van der Waals surface area (Å²) in [6.07, 6.45) is 0.414. The molecule has 0 aliphatic heterocycles. The summed E-state index contributed by atoms with van der Waals surface area (Å²) < 4.78 is 0. The summed E-state index contributed by atoms with van der Waals surface area (Å²) in [5.41, 5.74) is 5.55. The topological polar surface area (TPSA) is 200 Å². The minimum Gasteiger partial charge on any atom is -0.505 e. The number of aromatic nitrogens is 1. The number of nitrogens with one attached hydrogen (secondary N) is 1. The van der Waals surface area contributed by atoms with E-state index >= 15 is 0 Å². The number of hydrogen-bond donors (Lipinski definition) is 5. The Morgan fingerprint density at radius 3 is 2.31 bits per heavy atom. The minimum absolute atomic E-state index is 0.143. The lowest BCUT2D eigenvalue weighted by atomic mass is 9.49. The van der Waals surface area contributed by atoms with Crippen molar-refractivity contribution in [2.45, 2.75) is 63.2 Å². The van der Waals surface area contributed by atoms with Crippen molar-refractivity contribution in [3.05, 3.63) is 58.5 Å². The van der Waals surface area contributed by atoms with Crippen molar-refractivity contribution in [3.63, 3.8) is 0 Å². The van der Waals surface area contributed by atoms with Gasteiger partial charge in [-0.1, -0.05) is 51.1 Å². The van der Waals surface area contributed by atoms with Crippen LogP contribution in [0.15, 0.2) is 41.8 Å². The molecule has 1 heterocycles. The summed E-state index contributed by atoms with van der Waals surface area (Å²) in [7, 11) is 2.90. The summed E-state index contributed by atoms with van der Waals surface area (Å²) in [4.78, 5) is 73.5. The maximum atomic E-state index is 14.2. The predicted octanol–water partition coefficient (Wildman–Crippen LogP) is 3.17. The number of Topliss-reactive ketones (excluding diaryl/α,β-unsaturated/α-hetero) is 4. The summed E-state index contributed by atoms with van der Waals surface area (Å²) in [5, 5.41) is 40.5. The zero-order valence-corrected chi connectivity index (χ0v) is 28.7. The smallest absolute Gasteiger partial charge is 0.235 e. The van der Waals surface area contributed by atoms with Gasteiger partial charge < -0.3 is 26.4 Å². The lowest BCUT2D eigenvalue weighted by Crippen LogP contribution is -2.77. The van der Waals surface area contributed by atoms with Gasteiger partial charge in [0, 0.05) is 16.9 Å². The number of ketones is 4. The number of primary amides is 1. The number of fused-ring (bicyclic) bond motifs is 3. The van der Waals surface area contributed by atoms with Gasteiger partial charge in [-0.2, -0.15) is 0 Å². The van der Waals surface area contributed by atoms with Crippen molar-refractivity contribution in [3.8, 4) is 17.0 Å². The van der Waals surface area contributed by atoms with E-state index in [4.69, 9.17) is 5.73 Å². The molecule has 3 aliphatic rings. The van der Waals surface area contributed by atoms with Gasteiger partial charge in [0.25, 0.3) is 0 Å². The molecule has 2 fully saturated rings. The number of nitrogens with zero attached hydrogens (tertiary/aromatic N) is 2. The summed E-state index contributed by atoms with van der Waals surface area (Å²) in [6, 6.07) is 10.0. The van der Waals surface area contributed by atoms with E-state index < -0.39 is 82.1 Å². The van der Waals surface area contributed by atoms with Crippen molar-refractivity contribution < 1.29 is 39.3 Å². The number of carbonyl (C=O) groups excluding carboxylic acids is 5. The third-order valence-electron chi connectivity index (χ3n) is 10.9. The van der Waals surface area contributed by atoms with Crippen LogP contribution < -0.4 is 11.1 Å². The number of hydrogen-bond acceptors (Lipinski definition) is 12. The lowest BCUT2D eigenvalue weighted by Gasteiger charge is -2.56. The standard InChI is InChI=1S/C36H40N4O8S/c1-6-16(7-2)17-8-10-18(11-9-17)21-14-49-35(39-21)38-20-13-12-19-15(3)22-24(29(42)23(19)28(20)41)32(45)36(48)26(30(22)43)27(40(4)5)31(44)25(33(36)46)34(37)47/h8-16,22,24-27,30,41,43,48H,6-7H2,1-5H3,(H2,37,47)(H,38,39)/t15-,22+,24?,25?,26+,27-,30-,36-/m1/s1. The first-order chi connectivity index (χ1) is 23.2. The molecule has 2 unspecified atom stereocenters. The highest BCUT2D eigenvalue weighted by Gasteiger charge is 2.72. The molecule has 13 heteroatoms. The number of aromatic hydroxyl groups is 1. The van der Waals surface area contributed by atoms with Crippen LogP contribution in [0.2, 0.25) is 0 Å². The fourth-order valence-electron chi connectivity index (χ4n) is 8.36. The molecule has 1 amide bonds. The number of nitrogens with two attached hydrogens (primary N) is 1. The van der Waals surface area contributed by atoms with Crippen LogP contribution in [0.3, 0.4) is 0 Å². The van der Waals surface area contributed by atoms with Gasteiger partial charge in [0.15, 0.2) is 39.8 Å². The molecule has 0 bridgehead atoms. The first kappa shape index (κ1) is 34.6. The van der Waals surface area contributed by atoms with Gasteiger partial charge in [-0.15, -0.1) is 11.3 Å². The average Bonchev–Trinajstić information content (AvgIpc) is 3.53. The molecule has 6 rings (SSSR count). The molecule has 0 spiro atoms. The van der Waals surface area contributed by atoms with Crippen LogP contribution in [0.4, 0.5) is 10.8 Å². The number of amides is 1. The number of phenolic OH excluding ortho intramolecular Hbond substituents is 1. The first-order valence-corrected chi connectivity index (χ1v) is 17.3. The van der Waals surface area contributed by atoms with Crippen molar-refractivity contribution in [1.82, 2.24) is 9.88 Å². The van der Waals surface area contributed by atoms with Crippen LogP contribution in [0.5, 0.6) is 5.75 Å². The van der Waals surface area contributed by atoms with Gasteiger partial charge in [-0.25, -0.2) is 4.98 Å². The molecule has 6 N–H and O–H groups in total. The van der Waals surface area contributed by atoms with E-state index in [1.54, 1.807) is 19.1 Å². The highest BCUT2D eigenvalue weighted by molar-refractivity contribution is 7.14. The van der Waals surface area contributed by atoms with Crippen LogP contribution in [-0.4, -0.2) is 86.1 Å². The largest absolute Gasteiger partial charge is 0.505 e. The summed E-state index contributed by atoms with van der Waals surface area (Å²) in [6.45, 7) is 6.00. The van der Waals surface area contributed by atoms with Gasteiger partial charge in [0.2, 0.25) is 5.91 Å². The first-order valence-electron chi connectivity index (χ1n) is 16.4. The second-order valence-electron chi connectivity index (χ2n) is 13.6. The number of anilines is 2. The number of aliphatic hydroxyl groups is 2. The van der Waals surface area contributed by atoms with Gasteiger partial charge in [-0.3, -0.25) is 28.9 Å². The minimum atomic E-state index is -3.05. The maximum Gasteiger partial charge on any atom is 0.235 e. The molecule has 8 atom stereocenters. The van der Waals surface area contributed by atoms with E-state index in [-0.39, 0.29) is 11.3 Å². The molecule has 258 valence electrons. The fraction of sp³-hybridized carbons (Fsp3) is 0.444. The number of likely N-dealkylation sites (N-methyl/N-ethyl adjacent to an activating group) is 1. The number of aliphatic hydroxyl groups excluding tert-OH is 1. The zero-order chi connectivity index (χ0) is 35.7. The maximum absolute atomic E-state index is 14.2. The molecule has 3 aromatic rings. The number of carbonyl (C=O) groups is 5. The number of benzene rings is 2. The molecule has 0 radical (unpaired) electrons. The molecule has 2 saturated carbocycles. The number of phenols is 1. The van der Waals surface area contributed by atoms with E-state index in [0.717, 1.165) is 24.1 Å². The molecule has 12 nitrogen and oxygen atoms in total. The Kier molecular flexibility index (Phi) is 8.85. The van der Waals surface area contributed by atoms with Crippen molar-refractivity contribution in [2.24, 2.45) is 29.4 Å². The lowest BCUT2D eigenvalue weighted by molar-refractivity contribution is -0.196. The third-order valence-corrected chi connectivity index (χ3v) is 11.7. The van der Waals surface area contributed by atoms with Crippen LogP contribution in [0.25, 0.3) is 11.3 Å². The van der Waals surface area contributed by atoms with Crippen molar-refractivity contribution >= 4 is 51.2 Å². The van der Waals surface area contributed by atoms with E-state index in [2.05, 4.69) is 36.3 Å². The van der Waals surface area contributed by atoms with Crippen LogP contribution in [0, 0.1) is 23.7 Å². The number of rotatable bonds is 8. The highest BCUT2D eigenvalue weighted by Crippen LogP contribution is 2.55. The molecule has 49 heavy (non-hydrogen) atoms. The second kappa shape index (κ2) is 12.5. The van der Waals surface area contributed by atoms with Gasteiger partial charge in [0.1, 0.15) is 5.75 Å². The summed E-state index contributed by atoms with van der Waals surface area (Å²) >= 11 is 1.30. The molecular weight excluding hydrogens is 648 g/mol. The van der Waals surface area contributed by atoms with Crippen LogP contribution in [-0.2, 0) is 19.2 Å². The Labute approximate surface area is 287 Å². The van der Waals surface area contributed by atoms with Gasteiger partial charge in [0.05, 0.1) is 40.9 Å². The average molecular weight is 689 g/mol. The Balaban J connectivity index is 1.34. The van der Waals surface area contributed by atoms with Crippen molar-refractivity contribution in [2.75, 3.05) is 19.4 Å². The number of thiazole rings is 1. The molecule has 2 aromatic carbocycles. The zero-order valence-electron chi connectivity index (χ0n) is 27.8. The van der Waals surface area contributed by atoms with Gasteiger partial charge in [-0.05, 0) is 56.0 Å². The quantitative estimate of drug-likeness (QED) is 0.172. The molecule has 0 saturated heterocycles. The van der Waals surface area contributed by atoms with Gasteiger partial charge >= 0.3 is 0 Å². The molecule has 3 aliphatic carbocycles. The van der Waals surface area contributed by atoms with Crippen LogP contribution in [0.1, 0.15) is 66.9 Å². The third kappa shape index (κ3) is 5.13. The second-order valence-corrected chi connectivity index (χ2v) is 14.4. The van der Waals surface area contributed by atoms with E-state index in [9.17, 15) is 39.3 Å². The molecular formula is C36H40N4O8S.